The zero-order chi connectivity index (χ0) is 34.4. The molecule has 0 unspecified atom stereocenters. The largest absolute Gasteiger partial charge is 0.491 e. The molecule has 0 fully saturated rings. The average Bonchev–Trinajstić information content (AvgIpc) is 3.93. The van der Waals surface area contributed by atoms with E-state index in [1.165, 1.54) is 42.1 Å². The third-order valence-electron chi connectivity index (χ3n) is 9.79. The predicted molar refractivity (Wildman–Crippen MR) is 210 cm³/mol. The van der Waals surface area contributed by atoms with E-state index in [4.69, 9.17) is 9.47 Å². The van der Waals surface area contributed by atoms with Crippen LogP contribution in [0, 0.1) is 0 Å². The maximum absolute atomic E-state index is 9.63. The zero-order valence-corrected chi connectivity index (χ0v) is 29.3. The highest BCUT2D eigenvalue weighted by Gasteiger charge is 2.39. The summed E-state index contributed by atoms with van der Waals surface area (Å²) in [5, 5.41) is 25.2. The van der Waals surface area contributed by atoms with E-state index in [9.17, 15) is 10.2 Å². The monoisotopic (exact) mass is 702 g/mol. The van der Waals surface area contributed by atoms with Crippen LogP contribution in [0.25, 0.3) is 55.6 Å². The lowest BCUT2D eigenvalue weighted by atomic mass is 9.85. The van der Waals surface area contributed by atoms with E-state index in [0.29, 0.717) is 0 Å². The van der Waals surface area contributed by atoms with Crippen molar-refractivity contribution in [3.05, 3.63) is 160 Å². The number of aliphatic hydroxyl groups excluding tert-OH is 2. The molecule has 2 N–H and O–H groups in total. The molecule has 0 saturated heterocycles. The van der Waals surface area contributed by atoms with Crippen molar-refractivity contribution in [2.75, 3.05) is 26.4 Å². The molecule has 9 rings (SSSR count). The lowest BCUT2D eigenvalue weighted by Gasteiger charge is -2.30. The summed E-state index contributed by atoms with van der Waals surface area (Å²) < 4.78 is 12.9. The third-order valence-corrected chi connectivity index (χ3v) is 12.2. The second-order valence-electron chi connectivity index (χ2n) is 12.7. The molecule has 1 aromatic heterocycles. The van der Waals surface area contributed by atoms with Gasteiger partial charge in [0, 0.05) is 26.3 Å². The number of thiophene rings is 1. The van der Waals surface area contributed by atoms with Crippen LogP contribution >= 0.6 is 23.1 Å². The van der Waals surface area contributed by atoms with Gasteiger partial charge in [-0.15, -0.1) is 23.1 Å². The molecule has 1 aliphatic heterocycles. The van der Waals surface area contributed by atoms with Crippen molar-refractivity contribution in [2.45, 2.75) is 9.64 Å². The van der Waals surface area contributed by atoms with Gasteiger partial charge < -0.3 is 19.7 Å². The Balaban J connectivity index is 1.30. The van der Waals surface area contributed by atoms with Gasteiger partial charge in [-0.25, -0.2) is 0 Å². The zero-order valence-electron chi connectivity index (χ0n) is 27.7. The van der Waals surface area contributed by atoms with Crippen molar-refractivity contribution >= 4 is 45.3 Å². The number of thioether (sulfide) groups is 1. The number of benzene rings is 6. The minimum absolute atomic E-state index is 0.0619. The number of fused-ring (bicyclic) bond motifs is 7. The van der Waals surface area contributed by atoms with Crippen molar-refractivity contribution < 1.29 is 19.7 Å². The van der Waals surface area contributed by atoms with E-state index in [0.717, 1.165) is 44.9 Å². The number of rotatable bonds is 10. The summed E-state index contributed by atoms with van der Waals surface area (Å²) >= 11 is 3.66. The lowest BCUT2D eigenvalue weighted by molar-refractivity contribution is 0.202. The summed E-state index contributed by atoms with van der Waals surface area (Å²) in [5.74, 6) is 1.47. The van der Waals surface area contributed by atoms with Gasteiger partial charge in [-0.2, -0.15) is 0 Å². The van der Waals surface area contributed by atoms with Crippen molar-refractivity contribution in [1.82, 2.24) is 0 Å². The average molecular weight is 703 g/mol. The van der Waals surface area contributed by atoms with Gasteiger partial charge in [0.05, 0.1) is 18.0 Å². The Morgan fingerprint density at radius 1 is 0.569 bits per heavy atom. The Kier molecular flexibility index (Phi) is 8.25. The lowest BCUT2D eigenvalue weighted by Crippen LogP contribution is -2.26. The Morgan fingerprint density at radius 3 is 1.78 bits per heavy atom. The Bertz CT molecular complexity index is 2450. The first-order valence-corrected chi connectivity index (χ1v) is 18.8. The SMILES string of the molecule is OCCOc1ccc(C2(c3ccc(OCCO)c(-c4ccccc4)c3)C=c3c(ccc4c3=Cc3c-4ccc4ccsc34)S2)cc1-c1ccccc1. The fourth-order valence-electron chi connectivity index (χ4n) is 7.45. The smallest absolute Gasteiger partial charge is 0.127 e. The predicted octanol–water partition coefficient (Wildman–Crippen LogP) is 8.62. The fraction of sp³-hybridized carbons (Fsp3) is 0.111. The maximum Gasteiger partial charge on any atom is 0.127 e. The first-order valence-electron chi connectivity index (χ1n) is 17.1. The molecule has 0 radical (unpaired) electrons. The minimum Gasteiger partial charge on any atom is -0.491 e. The van der Waals surface area contributed by atoms with Crippen LogP contribution in [0.15, 0.2) is 138 Å². The molecule has 250 valence electrons. The normalized spacial score (nSPS) is 13.6. The molecular formula is C45H34O4S2. The second kappa shape index (κ2) is 13.2. The standard InChI is InChI=1S/C45H34O4S2/c46-20-22-48-41-16-12-32(25-36(41)29-7-3-1-4-8-29)45(33-13-17-42(49-23-21-47)37(26-33)30-9-5-2-6-10-30)28-40-38-27-39-35(34(38)15-18-43(40)51-45)14-11-31-19-24-50-44(31)39/h1-19,24-28,46-47H,20-23H2. The van der Waals surface area contributed by atoms with E-state index in [2.05, 4.69) is 96.4 Å². The Labute approximate surface area is 304 Å². The molecule has 7 aromatic rings. The van der Waals surface area contributed by atoms with Crippen LogP contribution in [0.5, 0.6) is 11.5 Å². The highest BCUT2D eigenvalue weighted by atomic mass is 32.2. The Hall–Kier alpha value is -5.11. The van der Waals surface area contributed by atoms with Gasteiger partial charge in [0.25, 0.3) is 0 Å². The van der Waals surface area contributed by atoms with Crippen molar-refractivity contribution in [3.63, 3.8) is 0 Å². The van der Waals surface area contributed by atoms with Crippen molar-refractivity contribution in [3.8, 4) is 44.9 Å². The van der Waals surface area contributed by atoms with Crippen molar-refractivity contribution in [2.24, 2.45) is 0 Å². The summed E-state index contributed by atoms with van der Waals surface area (Å²) in [6.45, 7) is 0.306. The highest BCUT2D eigenvalue weighted by molar-refractivity contribution is 8.01. The molecule has 2 aliphatic rings. The second-order valence-corrected chi connectivity index (χ2v) is 14.9. The van der Waals surface area contributed by atoms with E-state index >= 15 is 0 Å². The molecular weight excluding hydrogens is 669 g/mol. The maximum atomic E-state index is 9.63. The van der Waals surface area contributed by atoms with Crippen molar-refractivity contribution in [1.29, 1.82) is 0 Å². The van der Waals surface area contributed by atoms with E-state index < -0.39 is 4.75 Å². The number of hydrogen-bond donors (Lipinski definition) is 2. The van der Waals surface area contributed by atoms with E-state index in [-0.39, 0.29) is 26.4 Å². The number of ether oxygens (including phenoxy) is 2. The summed E-state index contributed by atoms with van der Waals surface area (Å²) in [5.41, 5.74) is 10.1. The van der Waals surface area contributed by atoms with Gasteiger partial charge in [0.1, 0.15) is 24.7 Å². The van der Waals surface area contributed by atoms with Crippen LogP contribution in [0.4, 0.5) is 0 Å². The molecule has 2 heterocycles. The van der Waals surface area contributed by atoms with E-state index in [1.807, 2.05) is 60.3 Å². The van der Waals surface area contributed by atoms with Gasteiger partial charge in [-0.3, -0.25) is 0 Å². The molecule has 4 nitrogen and oxygen atoms in total. The summed E-state index contributed by atoms with van der Waals surface area (Å²) in [6, 6.07) is 44.8. The molecule has 0 bridgehead atoms. The van der Waals surface area contributed by atoms with E-state index in [1.54, 1.807) is 11.3 Å². The van der Waals surface area contributed by atoms with Crippen LogP contribution < -0.4 is 19.9 Å². The van der Waals surface area contributed by atoms with Gasteiger partial charge in [0.15, 0.2) is 0 Å². The first-order chi connectivity index (χ1) is 25.2. The third kappa shape index (κ3) is 5.47. The van der Waals surface area contributed by atoms with Crippen LogP contribution in [0.3, 0.4) is 0 Å². The van der Waals surface area contributed by atoms with Crippen LogP contribution in [0.2, 0.25) is 0 Å². The summed E-state index contributed by atoms with van der Waals surface area (Å²) in [6.07, 6.45) is 4.84. The molecule has 0 atom stereocenters. The molecule has 51 heavy (non-hydrogen) atoms. The molecule has 6 heteroatoms. The first kappa shape index (κ1) is 31.8. The number of aliphatic hydroxyl groups is 2. The summed E-state index contributed by atoms with van der Waals surface area (Å²) in [7, 11) is 0. The quantitative estimate of drug-likeness (QED) is 0.150. The Morgan fingerprint density at radius 2 is 1.18 bits per heavy atom. The number of hydrogen-bond acceptors (Lipinski definition) is 6. The highest BCUT2D eigenvalue weighted by Crippen LogP contribution is 2.53. The molecule has 0 spiro atoms. The molecule has 1 aliphatic carbocycles. The minimum atomic E-state index is -0.601. The van der Waals surface area contributed by atoms with Crippen LogP contribution in [-0.2, 0) is 4.75 Å². The fourth-order valence-corrected chi connectivity index (χ4v) is 9.80. The van der Waals surface area contributed by atoms with Gasteiger partial charge >= 0.3 is 0 Å². The molecule has 6 aromatic carbocycles. The van der Waals surface area contributed by atoms with Gasteiger partial charge in [-0.1, -0.05) is 97.1 Å². The van der Waals surface area contributed by atoms with Crippen LogP contribution in [-0.4, -0.2) is 36.6 Å². The summed E-state index contributed by atoms with van der Waals surface area (Å²) in [4.78, 5) is 1.23. The topological polar surface area (TPSA) is 58.9 Å². The van der Waals surface area contributed by atoms with Gasteiger partial charge in [0.2, 0.25) is 0 Å². The molecule has 0 amide bonds. The van der Waals surface area contributed by atoms with Crippen LogP contribution in [0.1, 0.15) is 16.7 Å². The molecule has 0 saturated carbocycles. The van der Waals surface area contributed by atoms with Gasteiger partial charge in [-0.05, 0) is 97.1 Å².